The lowest BCUT2D eigenvalue weighted by atomic mass is 9.78. The Hall–Kier alpha value is -1.42. The van der Waals surface area contributed by atoms with E-state index in [1.807, 2.05) is 12.1 Å². The van der Waals surface area contributed by atoms with Gasteiger partial charge in [-0.3, -0.25) is 4.99 Å². The molecule has 0 amide bonds. The Morgan fingerprint density at radius 3 is 2.37 bits per heavy atom. The summed E-state index contributed by atoms with van der Waals surface area (Å²) in [6.07, 6.45) is 2.51. The number of guanidine groups is 1. The van der Waals surface area contributed by atoms with Crippen LogP contribution in [0.1, 0.15) is 39.2 Å². The summed E-state index contributed by atoms with van der Waals surface area (Å²) in [5.41, 5.74) is 1.08. The van der Waals surface area contributed by atoms with Crippen LogP contribution >= 0.6 is 24.0 Å². The van der Waals surface area contributed by atoms with Crippen molar-refractivity contribution in [2.45, 2.75) is 46.3 Å². The summed E-state index contributed by atoms with van der Waals surface area (Å²) in [6, 6.07) is 3.84. The number of hydrogen-bond donors (Lipinski definition) is 2. The molecule has 1 saturated heterocycles. The quantitative estimate of drug-likeness (QED) is 0.314. The van der Waals surface area contributed by atoms with Gasteiger partial charge < -0.3 is 29.6 Å². The maximum Gasteiger partial charge on any atom is 0.203 e. The highest BCUT2D eigenvalue weighted by Gasteiger charge is 2.35. The molecule has 0 bridgehead atoms. The molecular weight excluding hydrogens is 497 g/mol. The van der Waals surface area contributed by atoms with Crippen molar-refractivity contribution in [2.75, 3.05) is 41.5 Å². The van der Waals surface area contributed by atoms with E-state index in [9.17, 15) is 0 Å². The number of halogens is 1. The number of methoxy groups -OCH3 is 3. The molecule has 1 aromatic rings. The van der Waals surface area contributed by atoms with Gasteiger partial charge >= 0.3 is 0 Å². The molecule has 0 spiro atoms. The number of benzene rings is 1. The molecule has 0 aliphatic carbocycles. The molecule has 0 saturated carbocycles. The van der Waals surface area contributed by atoms with E-state index in [0.717, 1.165) is 37.5 Å². The summed E-state index contributed by atoms with van der Waals surface area (Å²) in [4.78, 5) is 4.36. The third-order valence-electron chi connectivity index (χ3n) is 5.29. The van der Waals surface area contributed by atoms with E-state index in [1.165, 1.54) is 0 Å². The topological polar surface area (TPSA) is 73.3 Å². The van der Waals surface area contributed by atoms with E-state index in [1.54, 1.807) is 28.4 Å². The second-order valence-electron chi connectivity index (χ2n) is 8.36. The molecule has 1 fully saturated rings. The second kappa shape index (κ2) is 12.4. The van der Waals surface area contributed by atoms with Gasteiger partial charge in [-0.15, -0.1) is 24.0 Å². The third kappa shape index (κ3) is 6.80. The Bertz CT molecular complexity index is 692. The lowest BCUT2D eigenvalue weighted by Gasteiger charge is -2.40. The van der Waals surface area contributed by atoms with Crippen molar-refractivity contribution in [2.24, 2.45) is 16.3 Å². The van der Waals surface area contributed by atoms with Crippen molar-refractivity contribution in [3.63, 3.8) is 0 Å². The number of aliphatic imine (C=N–C) groups is 1. The monoisotopic (exact) mass is 535 g/mol. The first-order valence-corrected chi connectivity index (χ1v) is 10.2. The van der Waals surface area contributed by atoms with E-state index in [2.05, 4.69) is 36.4 Å². The Labute approximate surface area is 198 Å². The Balaban J connectivity index is 0.00000450. The normalized spacial score (nSPS) is 19.5. The van der Waals surface area contributed by atoms with Crippen molar-refractivity contribution in [1.29, 1.82) is 0 Å². The van der Waals surface area contributed by atoms with E-state index in [-0.39, 0.29) is 35.5 Å². The van der Waals surface area contributed by atoms with Gasteiger partial charge in [0.1, 0.15) is 0 Å². The van der Waals surface area contributed by atoms with Gasteiger partial charge in [0.05, 0.1) is 27.4 Å². The lowest BCUT2D eigenvalue weighted by molar-refractivity contribution is -0.0835. The molecule has 2 rings (SSSR count). The highest BCUT2D eigenvalue weighted by atomic mass is 127. The molecule has 30 heavy (non-hydrogen) atoms. The summed E-state index contributed by atoms with van der Waals surface area (Å²) >= 11 is 0. The number of nitrogens with one attached hydrogen (secondary N) is 2. The molecule has 2 atom stereocenters. The number of rotatable bonds is 7. The zero-order valence-corrected chi connectivity index (χ0v) is 21.7. The van der Waals surface area contributed by atoms with Crippen molar-refractivity contribution >= 4 is 29.9 Å². The van der Waals surface area contributed by atoms with Crippen molar-refractivity contribution < 1.29 is 18.9 Å². The smallest absolute Gasteiger partial charge is 0.203 e. The van der Waals surface area contributed by atoms with Gasteiger partial charge in [0, 0.05) is 38.2 Å². The highest BCUT2D eigenvalue weighted by Crippen LogP contribution is 2.39. The maximum atomic E-state index is 6.09. The van der Waals surface area contributed by atoms with Crippen LogP contribution in [0, 0.1) is 11.3 Å². The lowest BCUT2D eigenvalue weighted by Crippen LogP contribution is -2.47. The summed E-state index contributed by atoms with van der Waals surface area (Å²) < 4.78 is 22.5. The van der Waals surface area contributed by atoms with E-state index >= 15 is 0 Å². The molecule has 1 aliphatic rings. The summed E-state index contributed by atoms with van der Waals surface area (Å²) in [5, 5.41) is 6.83. The van der Waals surface area contributed by atoms with Gasteiger partial charge in [0.15, 0.2) is 17.5 Å². The van der Waals surface area contributed by atoms with Crippen molar-refractivity contribution in [1.82, 2.24) is 10.6 Å². The van der Waals surface area contributed by atoms with Crippen LogP contribution in [-0.2, 0) is 11.3 Å². The predicted octanol–water partition coefficient (Wildman–Crippen LogP) is 3.84. The predicted molar refractivity (Wildman–Crippen MR) is 132 cm³/mol. The van der Waals surface area contributed by atoms with Crippen molar-refractivity contribution in [3.05, 3.63) is 17.7 Å². The Morgan fingerprint density at radius 1 is 1.10 bits per heavy atom. The molecule has 7 nitrogen and oxygen atoms in total. The molecule has 1 heterocycles. The SMILES string of the molecule is CN=C(NCc1ccc(OC)c(OC)c1OC)NCC1CCCOC1C(C)(C)C.I. The third-order valence-corrected chi connectivity index (χ3v) is 5.29. The second-order valence-corrected chi connectivity index (χ2v) is 8.36. The zero-order chi connectivity index (χ0) is 21.4. The van der Waals surface area contributed by atoms with Crippen LogP contribution in [0.2, 0.25) is 0 Å². The molecule has 2 unspecified atom stereocenters. The van der Waals surface area contributed by atoms with Crippen LogP contribution in [0.15, 0.2) is 17.1 Å². The van der Waals surface area contributed by atoms with Gasteiger partial charge in [-0.2, -0.15) is 0 Å². The summed E-state index contributed by atoms with van der Waals surface area (Å²) in [7, 11) is 6.63. The average Bonchev–Trinajstić information content (AvgIpc) is 2.72. The largest absolute Gasteiger partial charge is 0.493 e. The molecule has 1 aliphatic heterocycles. The Kier molecular flexibility index (Phi) is 11.0. The Morgan fingerprint density at radius 2 is 1.80 bits per heavy atom. The first-order valence-electron chi connectivity index (χ1n) is 10.2. The maximum absolute atomic E-state index is 6.09. The summed E-state index contributed by atoms with van der Waals surface area (Å²) in [5.74, 6) is 3.09. The first-order chi connectivity index (χ1) is 13.8. The van der Waals surface area contributed by atoms with E-state index < -0.39 is 0 Å². The molecule has 172 valence electrons. The fourth-order valence-electron chi connectivity index (χ4n) is 3.94. The van der Waals surface area contributed by atoms with Crippen LogP contribution in [0.4, 0.5) is 0 Å². The molecule has 0 aromatic heterocycles. The number of nitrogens with zero attached hydrogens (tertiary/aromatic N) is 1. The highest BCUT2D eigenvalue weighted by molar-refractivity contribution is 14.0. The number of hydrogen-bond acceptors (Lipinski definition) is 5. The van der Waals surface area contributed by atoms with Crippen LogP contribution in [0.25, 0.3) is 0 Å². The minimum atomic E-state index is 0. The minimum absolute atomic E-state index is 0. The van der Waals surface area contributed by atoms with E-state index in [0.29, 0.717) is 29.7 Å². The summed E-state index contributed by atoms with van der Waals surface area (Å²) in [6.45, 7) is 8.95. The first kappa shape index (κ1) is 26.6. The van der Waals surface area contributed by atoms with Gasteiger partial charge in [0.2, 0.25) is 5.75 Å². The van der Waals surface area contributed by atoms with Gasteiger partial charge in [-0.1, -0.05) is 20.8 Å². The van der Waals surface area contributed by atoms with Gasteiger partial charge in [0.25, 0.3) is 0 Å². The zero-order valence-electron chi connectivity index (χ0n) is 19.3. The molecule has 2 N–H and O–H groups in total. The van der Waals surface area contributed by atoms with Gasteiger partial charge in [-0.25, -0.2) is 0 Å². The van der Waals surface area contributed by atoms with Crippen LogP contribution in [0.5, 0.6) is 17.2 Å². The van der Waals surface area contributed by atoms with Crippen molar-refractivity contribution in [3.8, 4) is 17.2 Å². The van der Waals surface area contributed by atoms with Crippen LogP contribution < -0.4 is 24.8 Å². The van der Waals surface area contributed by atoms with Gasteiger partial charge in [-0.05, 0) is 30.4 Å². The molecule has 0 radical (unpaired) electrons. The fourth-order valence-corrected chi connectivity index (χ4v) is 3.94. The standard InChI is InChI=1S/C22H37N3O4.HI/c1-22(2,3)20-16(9-8-12-29-20)14-25-21(23-4)24-13-15-10-11-17(26-5)19(28-7)18(15)27-6;/h10-11,16,20H,8-9,12-14H2,1-7H3,(H2,23,24,25);1H. The molecular formula is C22H38IN3O4. The average molecular weight is 535 g/mol. The van der Waals surface area contributed by atoms with Crippen LogP contribution in [0.3, 0.4) is 0 Å². The fraction of sp³-hybridized carbons (Fsp3) is 0.682. The minimum Gasteiger partial charge on any atom is -0.493 e. The number of ether oxygens (including phenoxy) is 4. The van der Waals surface area contributed by atoms with E-state index in [4.69, 9.17) is 18.9 Å². The molecule has 1 aromatic carbocycles. The van der Waals surface area contributed by atoms with Crippen LogP contribution in [-0.4, -0.2) is 53.6 Å². The molecule has 8 heteroatoms.